The van der Waals surface area contributed by atoms with Crippen molar-refractivity contribution in [2.75, 3.05) is 106 Å². The van der Waals surface area contributed by atoms with Crippen molar-refractivity contribution >= 4 is 85.6 Å². The third-order valence-electron chi connectivity index (χ3n) is 18.5. The van der Waals surface area contributed by atoms with Crippen LogP contribution in [0.2, 0.25) is 38.3 Å². The van der Waals surface area contributed by atoms with Crippen LogP contribution < -0.4 is 38.2 Å². The molecule has 19 nitrogen and oxygen atoms in total. The van der Waals surface area contributed by atoms with Gasteiger partial charge in [0.1, 0.15) is 60.9 Å². The van der Waals surface area contributed by atoms with E-state index < -0.39 is 51.7 Å². The lowest BCUT2D eigenvalue weighted by molar-refractivity contribution is -0.151. The average Bonchev–Trinajstić information content (AvgIpc) is 0.734. The number of hydrogen-bond acceptors (Lipinski definition) is 19. The van der Waals surface area contributed by atoms with Crippen LogP contribution in [0, 0.1) is 0 Å². The highest BCUT2D eigenvalue weighted by atomic mass is 28.4. The fourth-order valence-electron chi connectivity index (χ4n) is 13.2. The minimum atomic E-state index is -2.04. The topological polar surface area (TPSA) is 195 Å². The Hall–Kier alpha value is -9.65. The molecule has 8 aromatic rings. The van der Waals surface area contributed by atoms with Crippen LogP contribution in [0.3, 0.4) is 0 Å². The Morgan fingerprint density at radius 2 is 0.767 bits per heavy atom. The van der Waals surface area contributed by atoms with Gasteiger partial charge in [0.05, 0.1) is 67.3 Å². The molecule has 10 rings (SSSR count). The molecule has 0 amide bonds. The van der Waals surface area contributed by atoms with E-state index in [0.717, 1.165) is 91.2 Å². The fourth-order valence-corrected chi connectivity index (χ4v) is 22.0. The summed E-state index contributed by atoms with van der Waals surface area (Å²) in [4.78, 5) is 56.2. The van der Waals surface area contributed by atoms with E-state index in [4.69, 9.17) is 61.0 Å². The highest BCUT2D eigenvalue weighted by molar-refractivity contribution is 6.84. The van der Waals surface area contributed by atoms with Gasteiger partial charge in [0.25, 0.3) is 0 Å². The van der Waals surface area contributed by atoms with Gasteiger partial charge in [-0.15, -0.1) is 0 Å². The molecule has 2 heterocycles. The minimum Gasteiger partial charge on any atom is -0.497 e. The first-order chi connectivity index (χ1) is 49.6. The molecule has 103 heavy (non-hydrogen) atoms. The molecule has 0 spiro atoms. The number of anilines is 2. The van der Waals surface area contributed by atoms with Crippen molar-refractivity contribution in [3.63, 3.8) is 0 Å². The summed E-state index contributed by atoms with van der Waals surface area (Å²) >= 11 is 0. The lowest BCUT2D eigenvalue weighted by Crippen LogP contribution is -2.44. The highest BCUT2D eigenvalue weighted by Crippen LogP contribution is 2.51. The van der Waals surface area contributed by atoms with Gasteiger partial charge in [0.15, 0.2) is 27.8 Å². The number of fused-ring (bicyclic) bond motifs is 6. The molecule has 0 saturated carbocycles. The molecule has 8 aromatic carbocycles. The molecular weight excluding hydrogens is 1340 g/mol. The standard InChI is InChI=1S/C82H96N2O17Si2/c1-83(2)63-29-25-61(26-30-63)81(59-21-15-13-16-22-59)39-37-67-57(49-69-71(79(67)99-81)51-65(89-5)53-73(69)91-7)55-97-77(87)35-33-75(85)95-45-43-93-41-19-47-102(9,10)101-103(11,12)48-20-42-94-44-46-96-76(86)34-36-78(88)98-56-58-50-70-72(52-66(90-6)54-74(70)92-8)80-68(58)38-40-82(100-80,60-23-17-14-18-24-60)62-27-31-64(32-28-62)84(3)4/h13-18,21-32,37-40,49-54H,19-20,33-36,41-48,55-56H2,1-12H3. The number of benzene rings is 8. The number of methoxy groups -OCH3 is 4. The van der Waals surface area contributed by atoms with Crippen LogP contribution in [0.15, 0.2) is 158 Å². The Kier molecular flexibility index (Phi) is 25.5. The van der Waals surface area contributed by atoms with Crippen molar-refractivity contribution in [1.29, 1.82) is 0 Å². The van der Waals surface area contributed by atoms with Gasteiger partial charge >= 0.3 is 23.9 Å². The molecule has 2 atom stereocenters. The van der Waals surface area contributed by atoms with E-state index in [9.17, 15) is 19.2 Å². The maximum absolute atomic E-state index is 13.2. The van der Waals surface area contributed by atoms with Crippen LogP contribution in [-0.4, -0.2) is 137 Å². The Bertz CT molecular complexity index is 4040. The van der Waals surface area contributed by atoms with Gasteiger partial charge in [-0.2, -0.15) is 0 Å². The predicted molar refractivity (Wildman–Crippen MR) is 406 cm³/mol. The largest absolute Gasteiger partial charge is 0.497 e. The van der Waals surface area contributed by atoms with Crippen LogP contribution >= 0.6 is 0 Å². The van der Waals surface area contributed by atoms with Crippen LogP contribution in [0.5, 0.6) is 34.5 Å². The molecule has 0 saturated heterocycles. The van der Waals surface area contributed by atoms with Crippen molar-refractivity contribution in [1.82, 2.24) is 0 Å². The normalized spacial score (nSPS) is 15.3. The van der Waals surface area contributed by atoms with Gasteiger partial charge in [0.2, 0.25) is 0 Å². The Morgan fingerprint density at radius 1 is 0.408 bits per heavy atom. The second-order valence-electron chi connectivity index (χ2n) is 27.2. The number of rotatable bonds is 36. The van der Waals surface area contributed by atoms with Gasteiger partial charge < -0.3 is 70.8 Å². The number of esters is 4. The maximum atomic E-state index is 13.2. The van der Waals surface area contributed by atoms with E-state index in [0.29, 0.717) is 58.8 Å². The molecule has 2 aliphatic heterocycles. The molecule has 21 heteroatoms. The van der Waals surface area contributed by atoms with Crippen molar-refractivity contribution in [3.05, 3.63) is 202 Å². The summed E-state index contributed by atoms with van der Waals surface area (Å²) in [6.45, 7) is 10.3. The second-order valence-corrected chi connectivity index (χ2v) is 36.0. The number of hydrogen-bond donors (Lipinski definition) is 0. The third kappa shape index (κ3) is 18.8. The Morgan fingerprint density at radius 3 is 1.12 bits per heavy atom. The van der Waals surface area contributed by atoms with E-state index in [1.165, 1.54) is 0 Å². The molecule has 2 aliphatic rings. The summed E-state index contributed by atoms with van der Waals surface area (Å²) < 4.78 is 78.7. The third-order valence-corrected chi connectivity index (χ3v) is 26.0. The first-order valence-corrected chi connectivity index (χ1v) is 41.2. The summed E-state index contributed by atoms with van der Waals surface area (Å²) in [6.07, 6.45) is 9.10. The number of carbonyl (C=O) groups is 4. The number of nitrogens with zero attached hydrogens (tertiary/aromatic N) is 2. The second kappa shape index (κ2) is 34.6. The van der Waals surface area contributed by atoms with Crippen molar-refractivity contribution in [2.45, 2.75) is 101 Å². The van der Waals surface area contributed by atoms with Gasteiger partial charge in [-0.05, 0) is 112 Å². The molecule has 0 radical (unpaired) electrons. The van der Waals surface area contributed by atoms with Crippen LogP contribution in [-0.2, 0) is 76.1 Å². The van der Waals surface area contributed by atoms with E-state index in [-0.39, 0.29) is 65.3 Å². The predicted octanol–water partition coefficient (Wildman–Crippen LogP) is 15.5. The first kappa shape index (κ1) is 76.0. The van der Waals surface area contributed by atoms with Crippen molar-refractivity contribution < 1.29 is 80.1 Å². The molecule has 544 valence electrons. The first-order valence-electron chi connectivity index (χ1n) is 34.9. The van der Waals surface area contributed by atoms with Gasteiger partial charge in [-0.25, -0.2) is 0 Å². The van der Waals surface area contributed by atoms with Gasteiger partial charge in [-0.1, -0.05) is 97.1 Å². The van der Waals surface area contributed by atoms with Crippen LogP contribution in [0.25, 0.3) is 33.7 Å². The zero-order chi connectivity index (χ0) is 73.3. The molecule has 0 aromatic heterocycles. The lowest BCUT2D eigenvalue weighted by Gasteiger charge is -2.37. The highest BCUT2D eigenvalue weighted by Gasteiger charge is 2.41. The van der Waals surface area contributed by atoms with E-state index in [1.54, 1.807) is 40.6 Å². The summed E-state index contributed by atoms with van der Waals surface area (Å²) in [6, 6.07) is 49.8. The van der Waals surface area contributed by atoms with Gasteiger partial charge in [0, 0.05) is 131 Å². The summed E-state index contributed by atoms with van der Waals surface area (Å²) in [5.74, 6) is 1.32. The van der Waals surface area contributed by atoms with E-state index in [1.807, 2.05) is 147 Å². The number of ether oxygens (including phenoxy) is 12. The van der Waals surface area contributed by atoms with E-state index >= 15 is 0 Å². The monoisotopic (exact) mass is 1440 g/mol. The molecule has 0 bridgehead atoms. The lowest BCUT2D eigenvalue weighted by atomic mass is 9.82. The summed E-state index contributed by atoms with van der Waals surface area (Å²) in [7, 11) is 10.3. The number of carbonyl (C=O) groups excluding carboxylic acids is 4. The summed E-state index contributed by atoms with van der Waals surface area (Å²) in [5.41, 5.74) is 6.68. The van der Waals surface area contributed by atoms with Crippen LogP contribution in [0.4, 0.5) is 11.4 Å². The molecule has 0 fully saturated rings. The summed E-state index contributed by atoms with van der Waals surface area (Å²) in [5, 5.41) is 3.02. The van der Waals surface area contributed by atoms with Crippen LogP contribution in [0.1, 0.15) is 83.0 Å². The molecule has 0 N–H and O–H groups in total. The fraction of sp³-hybridized carbons (Fsp3) is 0.366. The maximum Gasteiger partial charge on any atom is 0.306 e. The van der Waals surface area contributed by atoms with Gasteiger partial charge in [-0.3, -0.25) is 19.2 Å². The molecular formula is C82H96N2O17Si2. The van der Waals surface area contributed by atoms with E-state index in [2.05, 4.69) is 74.7 Å². The molecule has 2 unspecified atom stereocenters. The SMILES string of the molecule is COc1cc(OC)c2cc(COC(=O)CCC(=O)OCCOCCC[Si](C)(C)O[Si](C)(C)CCCOCCOC(=O)CCC(=O)OCc3cc4c(OC)cc(OC)cc4c4c3C=CC(c3ccccc3)(c3ccc(N(C)C)cc3)O4)c3c(c2c1)OC(c1ccccc1)(c1ccc(N(C)C)cc1)C=C3. The minimum absolute atomic E-state index is 0.0602. The molecule has 0 aliphatic carbocycles. The quantitative estimate of drug-likeness (QED) is 0.0155. The Labute approximate surface area is 606 Å². The van der Waals surface area contributed by atoms with Crippen molar-refractivity contribution in [2.24, 2.45) is 0 Å². The average molecular weight is 1440 g/mol. The zero-order valence-corrected chi connectivity index (χ0v) is 63.3. The smallest absolute Gasteiger partial charge is 0.306 e. The Balaban J connectivity index is 0.606. The zero-order valence-electron chi connectivity index (χ0n) is 61.3. The van der Waals surface area contributed by atoms with Crippen molar-refractivity contribution in [3.8, 4) is 34.5 Å².